The maximum Gasteiger partial charge on any atom is 0.337 e. The van der Waals surface area contributed by atoms with Crippen molar-refractivity contribution in [2.45, 2.75) is 31.6 Å². The van der Waals surface area contributed by atoms with E-state index >= 15 is 0 Å². The highest BCUT2D eigenvalue weighted by Gasteiger charge is 2.33. The van der Waals surface area contributed by atoms with Crippen molar-refractivity contribution in [2.24, 2.45) is 5.92 Å². The Morgan fingerprint density at radius 1 is 1.21 bits per heavy atom. The van der Waals surface area contributed by atoms with Crippen LogP contribution in [0, 0.1) is 19.8 Å². The fourth-order valence-electron chi connectivity index (χ4n) is 2.81. The van der Waals surface area contributed by atoms with Crippen LogP contribution in [0.1, 0.15) is 34.3 Å². The average molecular weight is 355 g/mol. The van der Waals surface area contributed by atoms with Gasteiger partial charge in [-0.1, -0.05) is 0 Å². The van der Waals surface area contributed by atoms with Crippen LogP contribution in [-0.4, -0.2) is 50.0 Å². The molecule has 0 spiro atoms. The van der Waals surface area contributed by atoms with Gasteiger partial charge in [-0.3, -0.25) is 4.79 Å². The summed E-state index contributed by atoms with van der Waals surface area (Å²) in [5, 5.41) is 9.03. The number of rotatable bonds is 4. The van der Waals surface area contributed by atoms with E-state index in [1.807, 2.05) is 0 Å². The molecule has 1 saturated heterocycles. The lowest BCUT2D eigenvalue weighted by Crippen LogP contribution is -2.40. The van der Waals surface area contributed by atoms with Gasteiger partial charge in [-0.05, 0) is 49.9 Å². The Labute approximate surface area is 141 Å². The van der Waals surface area contributed by atoms with Gasteiger partial charge in [0.1, 0.15) is 0 Å². The molecule has 0 radical (unpaired) electrons. The topological polar surface area (TPSA) is 101 Å². The molecule has 0 saturated carbocycles. The van der Waals surface area contributed by atoms with E-state index in [9.17, 15) is 18.0 Å². The van der Waals surface area contributed by atoms with E-state index in [2.05, 4.69) is 4.74 Å². The minimum absolute atomic E-state index is 0.0664. The van der Waals surface area contributed by atoms with Crippen LogP contribution in [0.2, 0.25) is 0 Å². The normalized spacial score (nSPS) is 16.8. The maximum atomic E-state index is 12.9. The van der Waals surface area contributed by atoms with Gasteiger partial charge in [0.05, 0.1) is 23.5 Å². The molecule has 132 valence electrons. The van der Waals surface area contributed by atoms with Gasteiger partial charge in [0.2, 0.25) is 10.0 Å². The fourth-order valence-corrected chi connectivity index (χ4v) is 4.61. The Morgan fingerprint density at radius 3 is 2.29 bits per heavy atom. The number of hydrogen-bond acceptors (Lipinski definition) is 5. The summed E-state index contributed by atoms with van der Waals surface area (Å²) >= 11 is 0. The molecule has 0 aromatic heterocycles. The molecule has 0 atom stereocenters. The number of carboxylic acids is 1. The number of sulfonamides is 1. The van der Waals surface area contributed by atoms with E-state index in [0.29, 0.717) is 11.1 Å². The zero-order chi connectivity index (χ0) is 18.1. The Hall–Kier alpha value is -1.93. The van der Waals surface area contributed by atoms with Crippen molar-refractivity contribution >= 4 is 22.0 Å². The monoisotopic (exact) mass is 355 g/mol. The molecule has 0 bridgehead atoms. The van der Waals surface area contributed by atoms with E-state index < -0.39 is 27.9 Å². The van der Waals surface area contributed by atoms with Crippen LogP contribution in [0.4, 0.5) is 0 Å². The molecule has 1 aromatic carbocycles. The van der Waals surface area contributed by atoms with E-state index in [1.54, 1.807) is 19.9 Å². The van der Waals surface area contributed by atoms with E-state index in [1.165, 1.54) is 17.5 Å². The molecule has 0 unspecified atom stereocenters. The van der Waals surface area contributed by atoms with Crippen molar-refractivity contribution in [1.29, 1.82) is 0 Å². The van der Waals surface area contributed by atoms with Crippen LogP contribution in [0.25, 0.3) is 0 Å². The molecule has 2 rings (SSSR count). The summed E-state index contributed by atoms with van der Waals surface area (Å²) < 4.78 is 31.8. The minimum Gasteiger partial charge on any atom is -0.481 e. The van der Waals surface area contributed by atoms with Gasteiger partial charge >= 0.3 is 11.9 Å². The second-order valence-corrected chi connectivity index (χ2v) is 7.83. The van der Waals surface area contributed by atoms with Gasteiger partial charge in [-0.15, -0.1) is 0 Å². The number of carboxylic acid groups (broad SMARTS) is 1. The third-order valence-electron chi connectivity index (χ3n) is 4.46. The number of carbonyl (C=O) groups is 2. The van der Waals surface area contributed by atoms with Crippen LogP contribution in [0.5, 0.6) is 0 Å². The number of piperidine rings is 1. The molecule has 1 heterocycles. The Kier molecular flexibility index (Phi) is 5.29. The highest BCUT2D eigenvalue weighted by molar-refractivity contribution is 7.89. The first-order valence-electron chi connectivity index (χ1n) is 7.61. The number of aryl methyl sites for hydroxylation is 1. The number of hydrogen-bond donors (Lipinski definition) is 1. The SMILES string of the molecule is COC(=O)c1cc(C)c(C)c(S(=O)(=O)N2CCC(C(=O)O)CC2)c1. The van der Waals surface area contributed by atoms with Gasteiger partial charge in [0.15, 0.2) is 0 Å². The fraction of sp³-hybridized carbons (Fsp3) is 0.500. The highest BCUT2D eigenvalue weighted by Crippen LogP contribution is 2.28. The smallest absolute Gasteiger partial charge is 0.337 e. The summed E-state index contributed by atoms with van der Waals surface area (Å²) in [6, 6.07) is 2.92. The van der Waals surface area contributed by atoms with Gasteiger partial charge in [0.25, 0.3) is 0 Å². The predicted octanol–water partition coefficient (Wildman–Crippen LogP) is 1.58. The molecule has 0 aliphatic carbocycles. The number of nitrogens with zero attached hydrogens (tertiary/aromatic N) is 1. The first kappa shape index (κ1) is 18.4. The quantitative estimate of drug-likeness (QED) is 0.823. The van der Waals surface area contributed by atoms with Crippen LogP contribution >= 0.6 is 0 Å². The van der Waals surface area contributed by atoms with Gasteiger partial charge < -0.3 is 9.84 Å². The van der Waals surface area contributed by atoms with E-state index in [0.717, 1.165) is 0 Å². The average Bonchev–Trinajstić information content (AvgIpc) is 2.56. The standard InChI is InChI=1S/C16H21NO6S/c1-10-8-13(16(20)23-3)9-14(11(10)2)24(21,22)17-6-4-12(5-7-17)15(18)19/h8-9,12H,4-7H2,1-3H3,(H,18,19). The lowest BCUT2D eigenvalue weighted by atomic mass is 9.99. The van der Waals surface area contributed by atoms with Gasteiger partial charge in [-0.25, -0.2) is 13.2 Å². The first-order valence-corrected chi connectivity index (χ1v) is 9.05. The highest BCUT2D eigenvalue weighted by atomic mass is 32.2. The van der Waals surface area contributed by atoms with Crippen molar-refractivity contribution in [3.8, 4) is 0 Å². The van der Waals surface area contributed by atoms with Gasteiger partial charge in [-0.2, -0.15) is 4.31 Å². The van der Waals surface area contributed by atoms with Crippen molar-refractivity contribution in [1.82, 2.24) is 4.31 Å². The maximum absolute atomic E-state index is 12.9. The number of benzene rings is 1. The number of esters is 1. The zero-order valence-corrected chi connectivity index (χ0v) is 14.7. The molecule has 1 fully saturated rings. The van der Waals surface area contributed by atoms with Gasteiger partial charge in [0, 0.05) is 13.1 Å². The zero-order valence-electron chi connectivity index (χ0n) is 13.9. The summed E-state index contributed by atoms with van der Waals surface area (Å²) in [4.78, 5) is 22.8. The Balaban J connectivity index is 2.38. The lowest BCUT2D eigenvalue weighted by molar-refractivity contribution is -0.142. The number of aliphatic carboxylic acids is 1. The van der Waals surface area contributed by atoms with Crippen molar-refractivity contribution in [3.63, 3.8) is 0 Å². The second-order valence-electron chi connectivity index (χ2n) is 5.92. The number of ether oxygens (including phenoxy) is 1. The van der Waals surface area contributed by atoms with E-state index in [-0.39, 0.29) is 36.4 Å². The van der Waals surface area contributed by atoms with Crippen LogP contribution in [-0.2, 0) is 19.6 Å². The third-order valence-corrected chi connectivity index (χ3v) is 6.49. The molecular formula is C16H21NO6S. The predicted molar refractivity (Wildman–Crippen MR) is 86.4 cm³/mol. The van der Waals surface area contributed by atoms with Crippen LogP contribution in [0.3, 0.4) is 0 Å². The molecular weight excluding hydrogens is 334 g/mol. The molecule has 8 heteroatoms. The molecule has 1 aliphatic heterocycles. The Bertz CT molecular complexity index is 763. The Morgan fingerprint density at radius 2 is 1.79 bits per heavy atom. The molecule has 7 nitrogen and oxygen atoms in total. The van der Waals surface area contributed by atoms with Crippen molar-refractivity contribution in [2.75, 3.05) is 20.2 Å². The third kappa shape index (κ3) is 3.44. The summed E-state index contributed by atoms with van der Waals surface area (Å²) in [5.74, 6) is -2.01. The first-order chi connectivity index (χ1) is 11.2. The molecule has 1 aromatic rings. The van der Waals surface area contributed by atoms with E-state index in [4.69, 9.17) is 5.11 Å². The largest absolute Gasteiger partial charge is 0.481 e. The molecule has 1 aliphatic rings. The summed E-state index contributed by atoms with van der Waals surface area (Å²) in [7, 11) is -2.56. The second kappa shape index (κ2) is 6.90. The lowest BCUT2D eigenvalue weighted by Gasteiger charge is -2.30. The summed E-state index contributed by atoms with van der Waals surface area (Å²) in [5.41, 5.74) is 1.43. The van der Waals surface area contributed by atoms with Crippen molar-refractivity contribution < 1.29 is 27.9 Å². The molecule has 0 amide bonds. The minimum atomic E-state index is -3.80. The van der Waals surface area contributed by atoms with Crippen LogP contribution in [0.15, 0.2) is 17.0 Å². The summed E-state index contributed by atoms with van der Waals surface area (Å²) in [6.07, 6.45) is 0.562. The molecule has 1 N–H and O–H groups in total. The van der Waals surface area contributed by atoms with Crippen LogP contribution < -0.4 is 0 Å². The summed E-state index contributed by atoms with van der Waals surface area (Å²) in [6.45, 7) is 3.73. The van der Waals surface area contributed by atoms with Crippen molar-refractivity contribution in [3.05, 3.63) is 28.8 Å². The molecule has 24 heavy (non-hydrogen) atoms. The number of methoxy groups -OCH3 is 1. The number of carbonyl (C=O) groups excluding carboxylic acids is 1.